The zero-order valence-electron chi connectivity index (χ0n) is 25.6. The van der Waals surface area contributed by atoms with Crippen molar-refractivity contribution in [1.29, 1.82) is 0 Å². The van der Waals surface area contributed by atoms with Gasteiger partial charge in [0.05, 0.1) is 0 Å². The molecule has 0 amide bonds. The second-order valence-electron chi connectivity index (χ2n) is 11.2. The molecular formula is C39H31O7PS. The molecule has 0 aliphatic heterocycles. The first-order valence-corrected chi connectivity index (χ1v) is 18.6. The van der Waals surface area contributed by atoms with E-state index in [0.29, 0.717) is 27.6 Å². The van der Waals surface area contributed by atoms with Crippen molar-refractivity contribution in [3.63, 3.8) is 0 Å². The molecule has 0 unspecified atom stereocenters. The summed E-state index contributed by atoms with van der Waals surface area (Å²) in [5.74, 6) is -2.95. The molecule has 48 heavy (non-hydrogen) atoms. The van der Waals surface area contributed by atoms with Crippen LogP contribution >= 0.6 is 6.83 Å². The van der Waals surface area contributed by atoms with Gasteiger partial charge in [-0.05, 0) is 0 Å². The van der Waals surface area contributed by atoms with E-state index in [0.717, 1.165) is 29.3 Å². The Labute approximate surface area is 278 Å². The Morgan fingerprint density at radius 3 is 1.38 bits per heavy atom. The summed E-state index contributed by atoms with van der Waals surface area (Å²) in [4.78, 5) is 23.6. The second kappa shape index (κ2) is 13.0. The van der Waals surface area contributed by atoms with Crippen molar-refractivity contribution in [3.05, 3.63) is 186 Å². The van der Waals surface area contributed by atoms with E-state index in [9.17, 15) is 28.2 Å². The van der Waals surface area contributed by atoms with Crippen LogP contribution in [0, 0.1) is 0 Å². The van der Waals surface area contributed by atoms with E-state index in [4.69, 9.17) is 3.97 Å². The normalized spacial score (nSPS) is 12.5. The molecule has 0 radical (unpaired) electrons. The summed E-state index contributed by atoms with van der Waals surface area (Å²) >= 11 is 0. The van der Waals surface area contributed by atoms with Crippen LogP contribution in [0.2, 0.25) is 0 Å². The molecule has 6 rings (SSSR count). The molecular weight excluding hydrogens is 643 g/mol. The van der Waals surface area contributed by atoms with Gasteiger partial charge in [-0.3, -0.25) is 0 Å². The molecule has 0 bridgehead atoms. The predicted molar refractivity (Wildman–Crippen MR) is 189 cm³/mol. The van der Waals surface area contributed by atoms with Crippen molar-refractivity contribution in [2.24, 2.45) is 0 Å². The van der Waals surface area contributed by atoms with Crippen LogP contribution < -0.4 is 21.2 Å². The average Bonchev–Trinajstić information content (AvgIpc) is 3.12. The molecule has 0 aliphatic rings. The quantitative estimate of drug-likeness (QED) is 0.158. The monoisotopic (exact) mass is 674 g/mol. The van der Waals surface area contributed by atoms with Crippen molar-refractivity contribution in [2.45, 2.75) is 11.3 Å². The summed E-state index contributed by atoms with van der Waals surface area (Å²) in [5.41, 5.74) is 0.819. The van der Waals surface area contributed by atoms with Gasteiger partial charge in [-0.15, -0.1) is 0 Å². The van der Waals surface area contributed by atoms with E-state index in [-0.39, 0.29) is 0 Å². The maximum atomic E-state index is 15.0. The van der Waals surface area contributed by atoms with Gasteiger partial charge < -0.3 is 0 Å². The summed E-state index contributed by atoms with van der Waals surface area (Å²) in [7, 11) is -4.94. The Morgan fingerprint density at radius 1 is 0.542 bits per heavy atom. The van der Waals surface area contributed by atoms with E-state index in [1.165, 1.54) is 0 Å². The fraction of sp³-hybridized carbons (Fsp3) is 0.0256. The predicted octanol–water partition coefficient (Wildman–Crippen LogP) is 6.15. The molecule has 2 N–H and O–H groups in total. The molecule has 240 valence electrons. The molecule has 6 aromatic rings. The summed E-state index contributed by atoms with van der Waals surface area (Å²) in [6, 6.07) is 47.8. The van der Waals surface area contributed by atoms with Crippen LogP contribution in [-0.4, -0.2) is 30.6 Å². The van der Waals surface area contributed by atoms with Crippen molar-refractivity contribution in [1.82, 2.24) is 0 Å². The van der Waals surface area contributed by atoms with Gasteiger partial charge in [0.2, 0.25) is 0 Å². The van der Waals surface area contributed by atoms with Gasteiger partial charge >= 0.3 is 280 Å². The third kappa shape index (κ3) is 5.60. The van der Waals surface area contributed by atoms with Crippen molar-refractivity contribution >= 4 is 50.1 Å². The molecule has 0 saturated carbocycles. The van der Waals surface area contributed by atoms with Gasteiger partial charge in [0.15, 0.2) is 0 Å². The number of carbonyl (C=O) groups is 2. The van der Waals surface area contributed by atoms with E-state index in [2.05, 4.69) is 0 Å². The van der Waals surface area contributed by atoms with Crippen LogP contribution in [0.15, 0.2) is 169 Å². The fourth-order valence-corrected chi connectivity index (χ4v) is 15.1. The first-order valence-electron chi connectivity index (χ1n) is 15.0. The van der Waals surface area contributed by atoms with E-state index < -0.39 is 44.9 Å². The Morgan fingerprint density at radius 2 is 0.938 bits per heavy atom. The molecule has 0 aliphatic carbocycles. The van der Waals surface area contributed by atoms with Gasteiger partial charge in [-0.2, -0.15) is 0 Å². The van der Waals surface area contributed by atoms with Crippen molar-refractivity contribution < 1.29 is 32.2 Å². The van der Waals surface area contributed by atoms with Crippen molar-refractivity contribution in [3.8, 4) is 0 Å². The van der Waals surface area contributed by atoms with Gasteiger partial charge in [0.1, 0.15) is 0 Å². The molecule has 0 fully saturated rings. The number of hydrogen-bond acceptors (Lipinski definition) is 5. The average molecular weight is 675 g/mol. The van der Waals surface area contributed by atoms with Crippen LogP contribution in [0.25, 0.3) is 0 Å². The van der Waals surface area contributed by atoms with Crippen LogP contribution in [0.4, 0.5) is 0 Å². The zero-order valence-corrected chi connectivity index (χ0v) is 27.3. The Kier molecular flexibility index (Phi) is 8.82. The number of hydrogen-bond donors (Lipinski definition) is 2. The first kappa shape index (κ1) is 32.5. The molecule has 0 saturated heterocycles. The second-order valence-corrected chi connectivity index (χ2v) is 17.3. The molecule has 0 aromatic heterocycles. The Balaban J connectivity index is 1.81. The number of aromatic carboxylic acids is 2. The molecule has 9 heteroatoms. The topological polar surface area (TPSA) is 118 Å². The van der Waals surface area contributed by atoms with Gasteiger partial charge in [0, 0.05) is 0 Å². The third-order valence-electron chi connectivity index (χ3n) is 8.37. The summed E-state index contributed by atoms with van der Waals surface area (Å²) < 4.78 is 37.0. The number of benzene rings is 6. The molecule has 6 aromatic carbocycles. The Hall–Kier alpha value is -5.40. The van der Waals surface area contributed by atoms with Crippen molar-refractivity contribution in [2.75, 3.05) is 0 Å². The molecule has 7 nitrogen and oxygen atoms in total. The van der Waals surface area contributed by atoms with Crippen LogP contribution in [-0.2, 0) is 20.5 Å². The minimum atomic E-state index is -4.94. The summed E-state index contributed by atoms with van der Waals surface area (Å²) in [5, 5.41) is 22.0. The Bertz CT molecular complexity index is 2080. The van der Waals surface area contributed by atoms with E-state index in [1.807, 2.05) is 146 Å². The van der Waals surface area contributed by atoms with Gasteiger partial charge in [-0.1, -0.05) is 0 Å². The van der Waals surface area contributed by atoms with Gasteiger partial charge in [0.25, 0.3) is 0 Å². The van der Waals surface area contributed by atoms with E-state index >= 15 is 0 Å². The summed E-state index contributed by atoms with van der Waals surface area (Å²) in [6.07, 6.45) is 0.447. The summed E-state index contributed by atoms with van der Waals surface area (Å²) in [6.45, 7) is -4.89. The molecule has 0 spiro atoms. The molecule has 0 atom stereocenters. The van der Waals surface area contributed by atoms with Crippen LogP contribution in [0.1, 0.15) is 31.8 Å². The van der Waals surface area contributed by atoms with Gasteiger partial charge in [-0.25, -0.2) is 0 Å². The third-order valence-corrected chi connectivity index (χ3v) is 16.4. The number of carboxylic acid groups (broad SMARTS) is 2. The number of carboxylic acids is 2. The number of rotatable bonds is 11. The first-order chi connectivity index (χ1) is 23.1. The SMILES string of the molecule is O=C(O)c1cc(C(=O)O)cc(S(=O)(=O)OP(c2ccccc2)(c2ccccc2)(c2ccccc2)c2ccccc2Cc2ccccc2)c1. The maximum absolute atomic E-state index is 15.0. The van der Waals surface area contributed by atoms with E-state index in [1.54, 1.807) is 0 Å². The zero-order chi connectivity index (χ0) is 33.8. The minimum absolute atomic E-state index is 0.447. The standard InChI is InChI=1S/C39H31O7PS/c40-38(41)31-26-32(39(42)43)28-36(27-31)48(44,45)46-47(33-18-7-2-8-19-33,34-20-9-3-10-21-34,35-22-11-4-12-23-35)37-24-14-13-17-30(37)25-29-15-5-1-6-16-29/h1-24,26-28H,25H2,(H,40,41)(H,42,43). The van der Waals surface area contributed by atoms with Crippen LogP contribution in [0.3, 0.4) is 0 Å². The van der Waals surface area contributed by atoms with Crippen LogP contribution in [0.5, 0.6) is 0 Å². The fourth-order valence-electron chi connectivity index (χ4n) is 6.29. The molecule has 0 heterocycles.